The molecule has 0 radical (unpaired) electrons. The molecule has 1 aromatic rings. The van der Waals surface area contributed by atoms with Crippen molar-refractivity contribution in [2.75, 3.05) is 25.2 Å². The SMILES string of the molecule is CSCCC(NS(=O)(=O)c1ccc2c(c1)OCCO2)C(=O)OC(C)C(N)=O. The van der Waals surface area contributed by atoms with E-state index in [1.54, 1.807) is 0 Å². The first-order valence-electron chi connectivity index (χ1n) is 8.15. The number of rotatable bonds is 9. The van der Waals surface area contributed by atoms with Gasteiger partial charge in [0.25, 0.3) is 5.91 Å². The summed E-state index contributed by atoms with van der Waals surface area (Å²) in [6.45, 7) is 2.02. The number of amides is 1. The Hall–Kier alpha value is -1.98. The van der Waals surface area contributed by atoms with Gasteiger partial charge in [-0.05, 0) is 37.5 Å². The van der Waals surface area contributed by atoms with Gasteiger partial charge in [-0.1, -0.05) is 0 Å². The molecule has 0 spiro atoms. The van der Waals surface area contributed by atoms with E-state index in [0.29, 0.717) is 30.5 Å². The summed E-state index contributed by atoms with van der Waals surface area (Å²) in [5.41, 5.74) is 5.08. The number of primary amides is 1. The lowest BCUT2D eigenvalue weighted by atomic mass is 10.2. The minimum absolute atomic E-state index is 0.0725. The number of benzene rings is 1. The second-order valence-electron chi connectivity index (χ2n) is 5.74. The average molecular weight is 418 g/mol. The average Bonchev–Trinajstić information content (AvgIpc) is 2.64. The van der Waals surface area contributed by atoms with Gasteiger partial charge in [-0.2, -0.15) is 16.5 Å². The number of hydrogen-bond donors (Lipinski definition) is 2. The number of ether oxygens (including phenoxy) is 3. The van der Waals surface area contributed by atoms with E-state index in [1.165, 1.54) is 36.9 Å². The molecule has 2 atom stereocenters. The van der Waals surface area contributed by atoms with E-state index in [2.05, 4.69) is 4.72 Å². The summed E-state index contributed by atoms with van der Waals surface area (Å²) in [6, 6.07) is 3.03. The van der Waals surface area contributed by atoms with Crippen LogP contribution in [0.1, 0.15) is 13.3 Å². The lowest BCUT2D eigenvalue weighted by Gasteiger charge is -2.21. The largest absolute Gasteiger partial charge is 0.486 e. The molecule has 0 aromatic heterocycles. The highest BCUT2D eigenvalue weighted by Crippen LogP contribution is 2.32. The van der Waals surface area contributed by atoms with Crippen molar-refractivity contribution in [3.63, 3.8) is 0 Å². The van der Waals surface area contributed by atoms with Gasteiger partial charge in [0.1, 0.15) is 19.3 Å². The fraction of sp³-hybridized carbons (Fsp3) is 0.500. The smallest absolute Gasteiger partial charge is 0.324 e. The molecule has 11 heteroatoms. The third kappa shape index (κ3) is 5.75. The number of esters is 1. The van der Waals surface area contributed by atoms with E-state index in [-0.39, 0.29) is 11.3 Å². The van der Waals surface area contributed by atoms with Crippen molar-refractivity contribution >= 4 is 33.7 Å². The Morgan fingerprint density at radius 3 is 2.59 bits per heavy atom. The summed E-state index contributed by atoms with van der Waals surface area (Å²) in [6.07, 6.45) is 0.854. The quantitative estimate of drug-likeness (QED) is 0.546. The molecule has 1 aliphatic rings. The number of sulfonamides is 1. The molecule has 1 heterocycles. The van der Waals surface area contributed by atoms with Crippen molar-refractivity contribution in [1.82, 2.24) is 4.72 Å². The second kappa shape index (κ2) is 9.29. The van der Waals surface area contributed by atoms with Gasteiger partial charge in [0.2, 0.25) is 10.0 Å². The van der Waals surface area contributed by atoms with Gasteiger partial charge in [-0.3, -0.25) is 9.59 Å². The zero-order valence-electron chi connectivity index (χ0n) is 15.0. The van der Waals surface area contributed by atoms with E-state index in [1.807, 2.05) is 6.26 Å². The standard InChI is InChI=1S/C16H22N2O7S2/c1-10(15(17)19)25-16(20)12(5-8-26-2)18-27(21,22)11-3-4-13-14(9-11)24-7-6-23-13/h3-4,9-10,12,18H,5-8H2,1-2H3,(H2,17,19). The van der Waals surface area contributed by atoms with Crippen molar-refractivity contribution in [2.45, 2.75) is 30.4 Å². The lowest BCUT2D eigenvalue weighted by molar-refractivity contribution is -0.155. The third-order valence-electron chi connectivity index (χ3n) is 3.71. The Morgan fingerprint density at radius 2 is 1.96 bits per heavy atom. The Morgan fingerprint density at radius 1 is 1.30 bits per heavy atom. The highest BCUT2D eigenvalue weighted by molar-refractivity contribution is 7.98. The maximum atomic E-state index is 12.7. The Labute approximate surface area is 162 Å². The van der Waals surface area contributed by atoms with Crippen LogP contribution in [0.5, 0.6) is 11.5 Å². The molecule has 1 amide bonds. The van der Waals surface area contributed by atoms with Crippen molar-refractivity contribution in [1.29, 1.82) is 0 Å². The Bertz CT molecular complexity index is 798. The summed E-state index contributed by atoms with van der Waals surface area (Å²) in [4.78, 5) is 23.3. The summed E-state index contributed by atoms with van der Waals surface area (Å²) in [5, 5.41) is 0. The van der Waals surface area contributed by atoms with Gasteiger partial charge in [0.05, 0.1) is 4.90 Å². The summed E-state index contributed by atoms with van der Waals surface area (Å²) >= 11 is 1.44. The zero-order valence-corrected chi connectivity index (χ0v) is 16.6. The normalized spacial score (nSPS) is 15.6. The van der Waals surface area contributed by atoms with Crippen LogP contribution in [-0.2, 0) is 24.3 Å². The van der Waals surface area contributed by atoms with Gasteiger partial charge in [0, 0.05) is 6.07 Å². The molecular formula is C16H22N2O7S2. The minimum Gasteiger partial charge on any atom is -0.486 e. The van der Waals surface area contributed by atoms with Gasteiger partial charge >= 0.3 is 5.97 Å². The van der Waals surface area contributed by atoms with Gasteiger partial charge < -0.3 is 19.9 Å². The first-order valence-corrected chi connectivity index (χ1v) is 11.0. The zero-order chi connectivity index (χ0) is 20.0. The topological polar surface area (TPSA) is 134 Å². The van der Waals surface area contributed by atoms with Crippen molar-refractivity contribution < 1.29 is 32.2 Å². The summed E-state index contributed by atoms with van der Waals surface area (Å²) in [7, 11) is -4.04. The maximum absolute atomic E-state index is 12.7. The second-order valence-corrected chi connectivity index (χ2v) is 8.44. The molecule has 0 saturated heterocycles. The van der Waals surface area contributed by atoms with Crippen LogP contribution in [0.15, 0.2) is 23.1 Å². The van der Waals surface area contributed by atoms with Crippen LogP contribution in [-0.4, -0.2) is 57.7 Å². The van der Waals surface area contributed by atoms with Crippen LogP contribution in [0.25, 0.3) is 0 Å². The molecule has 150 valence electrons. The predicted octanol–water partition coefficient (Wildman–Crippen LogP) is 0.275. The molecule has 0 saturated carbocycles. The number of nitrogens with one attached hydrogen (secondary N) is 1. The Balaban J connectivity index is 2.19. The molecular weight excluding hydrogens is 396 g/mol. The van der Waals surface area contributed by atoms with Crippen LogP contribution in [0.4, 0.5) is 0 Å². The first kappa shape index (κ1) is 21.3. The first-order chi connectivity index (χ1) is 12.7. The number of nitrogens with two attached hydrogens (primary N) is 1. The van der Waals surface area contributed by atoms with Crippen LogP contribution in [0, 0.1) is 0 Å². The molecule has 0 aliphatic carbocycles. The number of thioether (sulfide) groups is 1. The van der Waals surface area contributed by atoms with E-state index in [0.717, 1.165) is 0 Å². The van der Waals surface area contributed by atoms with Crippen LogP contribution in [0.3, 0.4) is 0 Å². The fourth-order valence-electron chi connectivity index (χ4n) is 2.22. The van der Waals surface area contributed by atoms with Gasteiger partial charge in [-0.15, -0.1) is 0 Å². The highest BCUT2D eigenvalue weighted by Gasteiger charge is 2.29. The fourth-order valence-corrected chi connectivity index (χ4v) is 3.93. The predicted molar refractivity (Wildman–Crippen MR) is 99.3 cm³/mol. The molecule has 9 nitrogen and oxygen atoms in total. The highest BCUT2D eigenvalue weighted by atomic mass is 32.2. The van der Waals surface area contributed by atoms with Gasteiger partial charge in [0.15, 0.2) is 17.6 Å². The molecule has 27 heavy (non-hydrogen) atoms. The Kier molecular flexibility index (Phi) is 7.33. The molecule has 3 N–H and O–H groups in total. The van der Waals surface area contributed by atoms with Crippen molar-refractivity contribution in [3.05, 3.63) is 18.2 Å². The number of carbonyl (C=O) groups is 2. The molecule has 1 aliphatic heterocycles. The maximum Gasteiger partial charge on any atom is 0.324 e. The van der Waals surface area contributed by atoms with E-state index >= 15 is 0 Å². The van der Waals surface area contributed by atoms with Crippen molar-refractivity contribution in [3.8, 4) is 11.5 Å². The van der Waals surface area contributed by atoms with Gasteiger partial charge in [-0.25, -0.2) is 8.42 Å². The summed E-state index contributed by atoms with van der Waals surface area (Å²) < 4.78 is 43.4. The number of fused-ring (bicyclic) bond motifs is 1. The van der Waals surface area contributed by atoms with Crippen LogP contribution < -0.4 is 19.9 Å². The number of carbonyl (C=O) groups excluding carboxylic acids is 2. The summed E-state index contributed by atoms with van der Waals surface area (Å²) in [5.74, 6) is -0.407. The molecule has 2 rings (SSSR count). The van der Waals surface area contributed by atoms with Crippen molar-refractivity contribution in [2.24, 2.45) is 5.73 Å². The molecule has 0 bridgehead atoms. The third-order valence-corrected chi connectivity index (χ3v) is 5.82. The molecule has 0 fully saturated rings. The molecule has 2 unspecified atom stereocenters. The lowest BCUT2D eigenvalue weighted by Crippen LogP contribution is -2.44. The minimum atomic E-state index is -4.04. The number of hydrogen-bond acceptors (Lipinski definition) is 8. The molecule has 1 aromatic carbocycles. The van der Waals surface area contributed by atoms with Crippen LogP contribution >= 0.6 is 11.8 Å². The van der Waals surface area contributed by atoms with E-state index in [4.69, 9.17) is 19.9 Å². The monoisotopic (exact) mass is 418 g/mol. The van der Waals surface area contributed by atoms with E-state index in [9.17, 15) is 18.0 Å². The van der Waals surface area contributed by atoms with Crippen LogP contribution in [0.2, 0.25) is 0 Å². The van der Waals surface area contributed by atoms with E-state index < -0.39 is 34.0 Å².